The number of aliphatic hydroxyl groups is 2. The third-order valence-corrected chi connectivity index (χ3v) is 4.11. The van der Waals surface area contributed by atoms with Gasteiger partial charge in [0.05, 0.1) is 13.2 Å². The normalized spacial score (nSPS) is 26.0. The van der Waals surface area contributed by atoms with E-state index in [4.69, 9.17) is 9.84 Å². The third-order valence-electron chi connectivity index (χ3n) is 4.11. The first-order valence-corrected chi connectivity index (χ1v) is 7.82. The predicted molar refractivity (Wildman–Crippen MR) is 83.3 cm³/mol. The van der Waals surface area contributed by atoms with Crippen molar-refractivity contribution in [3.63, 3.8) is 0 Å². The minimum absolute atomic E-state index is 0.0512. The molecule has 4 heteroatoms. The number of nitrogens with one attached hydrogen (secondary N) is 1. The molecule has 0 heterocycles. The van der Waals surface area contributed by atoms with Crippen molar-refractivity contribution in [1.29, 1.82) is 0 Å². The summed E-state index contributed by atoms with van der Waals surface area (Å²) in [4.78, 5) is 0. The Labute approximate surface area is 127 Å². The van der Waals surface area contributed by atoms with Gasteiger partial charge in [0.1, 0.15) is 11.9 Å². The van der Waals surface area contributed by atoms with Crippen molar-refractivity contribution in [2.75, 3.05) is 6.61 Å². The summed E-state index contributed by atoms with van der Waals surface area (Å²) in [5.41, 5.74) is 0.666. The molecule has 0 aliphatic heterocycles. The van der Waals surface area contributed by atoms with Crippen LogP contribution in [0.4, 0.5) is 0 Å². The van der Waals surface area contributed by atoms with Crippen LogP contribution in [0.5, 0.6) is 5.75 Å². The lowest BCUT2D eigenvalue weighted by Crippen LogP contribution is -2.55. The monoisotopic (exact) mass is 293 g/mol. The van der Waals surface area contributed by atoms with Crippen molar-refractivity contribution in [3.8, 4) is 5.75 Å². The van der Waals surface area contributed by atoms with E-state index < -0.39 is 0 Å². The lowest BCUT2D eigenvalue weighted by molar-refractivity contribution is 0.0461. The molecule has 1 aromatic rings. The van der Waals surface area contributed by atoms with Gasteiger partial charge < -0.3 is 20.3 Å². The molecule has 0 bridgehead atoms. The van der Waals surface area contributed by atoms with Gasteiger partial charge in [0.2, 0.25) is 0 Å². The Hall–Kier alpha value is -1.10. The number of hydrogen-bond acceptors (Lipinski definition) is 4. The number of aliphatic hydroxyl groups excluding tert-OH is 2. The Bertz CT molecular complexity index is 432. The molecule has 1 saturated carbocycles. The summed E-state index contributed by atoms with van der Waals surface area (Å²) >= 11 is 0. The van der Waals surface area contributed by atoms with Crippen LogP contribution in [0.2, 0.25) is 0 Å². The average molecular weight is 293 g/mol. The first kappa shape index (κ1) is 16.3. The zero-order valence-electron chi connectivity index (χ0n) is 13.0. The Morgan fingerprint density at radius 1 is 1.29 bits per heavy atom. The molecule has 118 valence electrons. The maximum Gasteiger partial charge on any atom is 0.119 e. The minimum Gasteiger partial charge on any atom is -0.490 e. The standard InChI is InChI=1S/C17H27NO3/c1-13(2)18-17(12-20)9-3-4-16(10-17)21-15-7-5-14(11-19)6-8-15/h5-8,13,16,18-20H,3-4,9-12H2,1-2H3. The molecule has 0 radical (unpaired) electrons. The van der Waals surface area contributed by atoms with E-state index in [0.29, 0.717) is 6.04 Å². The van der Waals surface area contributed by atoms with E-state index in [1.165, 1.54) is 0 Å². The second kappa shape index (κ2) is 7.25. The Kier molecular flexibility index (Phi) is 5.62. The molecule has 1 fully saturated rings. The molecular formula is C17H27NO3. The number of hydrogen-bond donors (Lipinski definition) is 3. The van der Waals surface area contributed by atoms with Crippen LogP contribution in [0.3, 0.4) is 0 Å². The molecule has 2 atom stereocenters. The molecule has 0 amide bonds. The molecule has 0 spiro atoms. The molecule has 3 N–H and O–H groups in total. The van der Waals surface area contributed by atoms with Gasteiger partial charge in [-0.05, 0) is 37.0 Å². The fraction of sp³-hybridized carbons (Fsp3) is 0.647. The lowest BCUT2D eigenvalue weighted by Gasteiger charge is -2.41. The van der Waals surface area contributed by atoms with Crippen molar-refractivity contribution in [2.24, 2.45) is 0 Å². The van der Waals surface area contributed by atoms with Crippen LogP contribution in [0.15, 0.2) is 24.3 Å². The van der Waals surface area contributed by atoms with Gasteiger partial charge in [-0.15, -0.1) is 0 Å². The van der Waals surface area contributed by atoms with E-state index in [1.54, 1.807) is 0 Å². The van der Waals surface area contributed by atoms with Crippen LogP contribution in [-0.2, 0) is 6.61 Å². The first-order chi connectivity index (χ1) is 10.1. The van der Waals surface area contributed by atoms with Gasteiger partial charge in [-0.3, -0.25) is 0 Å². The second-order valence-corrected chi connectivity index (χ2v) is 6.38. The zero-order chi connectivity index (χ0) is 15.3. The van der Waals surface area contributed by atoms with Gasteiger partial charge in [-0.2, -0.15) is 0 Å². The SMILES string of the molecule is CC(C)NC1(CO)CCCC(Oc2ccc(CO)cc2)C1. The maximum atomic E-state index is 9.80. The van der Waals surface area contributed by atoms with Crippen LogP contribution in [0, 0.1) is 0 Å². The maximum absolute atomic E-state index is 9.80. The molecule has 1 aromatic carbocycles. The number of benzene rings is 1. The molecule has 2 unspecified atom stereocenters. The largest absolute Gasteiger partial charge is 0.490 e. The van der Waals surface area contributed by atoms with Crippen LogP contribution in [0.25, 0.3) is 0 Å². The van der Waals surface area contributed by atoms with E-state index in [2.05, 4.69) is 19.2 Å². The second-order valence-electron chi connectivity index (χ2n) is 6.38. The quantitative estimate of drug-likeness (QED) is 0.753. The van der Waals surface area contributed by atoms with E-state index >= 15 is 0 Å². The highest BCUT2D eigenvalue weighted by atomic mass is 16.5. The van der Waals surface area contributed by atoms with Gasteiger partial charge in [-0.25, -0.2) is 0 Å². The van der Waals surface area contributed by atoms with E-state index in [1.807, 2.05) is 24.3 Å². The van der Waals surface area contributed by atoms with E-state index in [-0.39, 0.29) is 24.9 Å². The molecular weight excluding hydrogens is 266 g/mol. The Balaban J connectivity index is 1.99. The van der Waals surface area contributed by atoms with Gasteiger partial charge in [0.15, 0.2) is 0 Å². The Morgan fingerprint density at radius 2 is 2.00 bits per heavy atom. The molecule has 1 aliphatic rings. The zero-order valence-corrected chi connectivity index (χ0v) is 13.0. The van der Waals surface area contributed by atoms with Gasteiger partial charge in [-0.1, -0.05) is 26.0 Å². The van der Waals surface area contributed by atoms with E-state index in [9.17, 15) is 5.11 Å². The minimum atomic E-state index is -0.220. The van der Waals surface area contributed by atoms with Crippen molar-refractivity contribution in [3.05, 3.63) is 29.8 Å². The van der Waals surface area contributed by atoms with E-state index in [0.717, 1.165) is 37.0 Å². The highest BCUT2D eigenvalue weighted by molar-refractivity contribution is 5.27. The van der Waals surface area contributed by atoms with Crippen LogP contribution >= 0.6 is 0 Å². The molecule has 4 nitrogen and oxygen atoms in total. The summed E-state index contributed by atoms with van der Waals surface area (Å²) in [5.74, 6) is 0.829. The molecule has 0 aromatic heterocycles. The van der Waals surface area contributed by atoms with Crippen molar-refractivity contribution in [1.82, 2.24) is 5.32 Å². The van der Waals surface area contributed by atoms with Crippen LogP contribution < -0.4 is 10.1 Å². The number of rotatable bonds is 6. The lowest BCUT2D eigenvalue weighted by atomic mass is 9.80. The summed E-state index contributed by atoms with van der Waals surface area (Å²) in [7, 11) is 0. The van der Waals surface area contributed by atoms with Crippen molar-refractivity contribution in [2.45, 2.75) is 63.8 Å². The fourth-order valence-corrected chi connectivity index (χ4v) is 3.21. The molecule has 21 heavy (non-hydrogen) atoms. The van der Waals surface area contributed by atoms with Crippen LogP contribution in [-0.4, -0.2) is 34.5 Å². The van der Waals surface area contributed by atoms with Crippen molar-refractivity contribution >= 4 is 0 Å². The molecule has 0 saturated heterocycles. The third kappa shape index (κ3) is 4.43. The number of ether oxygens (including phenoxy) is 1. The van der Waals surface area contributed by atoms with Crippen LogP contribution in [0.1, 0.15) is 45.1 Å². The smallest absolute Gasteiger partial charge is 0.119 e. The Morgan fingerprint density at radius 3 is 2.57 bits per heavy atom. The topological polar surface area (TPSA) is 61.7 Å². The average Bonchev–Trinajstić information content (AvgIpc) is 2.47. The summed E-state index contributed by atoms with van der Waals surface area (Å²) in [6, 6.07) is 7.90. The summed E-state index contributed by atoms with van der Waals surface area (Å²) in [6.45, 7) is 4.41. The first-order valence-electron chi connectivity index (χ1n) is 7.82. The predicted octanol–water partition coefficient (Wildman–Crippen LogP) is 2.23. The molecule has 2 rings (SSSR count). The van der Waals surface area contributed by atoms with Gasteiger partial charge >= 0.3 is 0 Å². The summed E-state index contributed by atoms with van der Waals surface area (Å²) in [5, 5.41) is 22.4. The van der Waals surface area contributed by atoms with Gasteiger partial charge in [0, 0.05) is 18.0 Å². The highest BCUT2D eigenvalue weighted by Crippen LogP contribution is 2.31. The van der Waals surface area contributed by atoms with Crippen molar-refractivity contribution < 1.29 is 14.9 Å². The summed E-state index contributed by atoms with van der Waals surface area (Å²) < 4.78 is 6.06. The molecule has 1 aliphatic carbocycles. The fourth-order valence-electron chi connectivity index (χ4n) is 3.21. The van der Waals surface area contributed by atoms with Gasteiger partial charge in [0.25, 0.3) is 0 Å². The summed E-state index contributed by atoms with van der Waals surface area (Å²) in [6.07, 6.45) is 4.01. The highest BCUT2D eigenvalue weighted by Gasteiger charge is 2.37.